The Kier molecular flexibility index (Phi) is 4.61. The van der Waals surface area contributed by atoms with Crippen molar-refractivity contribution in [1.82, 2.24) is 4.57 Å². The Hall–Kier alpha value is -2.03. The summed E-state index contributed by atoms with van der Waals surface area (Å²) in [7, 11) is 0. The van der Waals surface area contributed by atoms with E-state index in [-0.39, 0.29) is 5.97 Å². The van der Waals surface area contributed by atoms with Gasteiger partial charge in [-0.3, -0.25) is 0 Å². The number of hydrogen-bond donors (Lipinski definition) is 0. The Balaban J connectivity index is 2.38. The van der Waals surface area contributed by atoms with Crippen molar-refractivity contribution in [2.75, 3.05) is 6.61 Å². The van der Waals surface area contributed by atoms with Gasteiger partial charge >= 0.3 is 5.97 Å². The predicted molar refractivity (Wildman–Crippen MR) is 82.1 cm³/mol. The highest BCUT2D eigenvalue weighted by atomic mass is 16.5. The summed E-state index contributed by atoms with van der Waals surface area (Å²) in [6.45, 7) is 9.02. The van der Waals surface area contributed by atoms with Crippen molar-refractivity contribution >= 4 is 16.9 Å². The molecule has 0 radical (unpaired) electrons. The number of esters is 1. The topological polar surface area (TPSA) is 31.2 Å². The van der Waals surface area contributed by atoms with Crippen LogP contribution in [-0.2, 0) is 11.3 Å². The summed E-state index contributed by atoms with van der Waals surface area (Å²) < 4.78 is 7.36. The fraction of sp³-hybridized carbons (Fsp3) is 0.353. The van der Waals surface area contributed by atoms with Crippen molar-refractivity contribution in [3.05, 3.63) is 48.2 Å². The molecule has 0 aliphatic heterocycles. The summed E-state index contributed by atoms with van der Waals surface area (Å²) in [6.07, 6.45) is 5.60. The number of fused-ring (bicyclic) bond motifs is 1. The lowest BCUT2D eigenvalue weighted by atomic mass is 10.1. The number of carbonyl (C=O) groups is 1. The van der Waals surface area contributed by atoms with E-state index in [0.717, 1.165) is 29.3 Å². The Morgan fingerprint density at radius 2 is 2.25 bits per heavy atom. The van der Waals surface area contributed by atoms with Crippen molar-refractivity contribution in [1.29, 1.82) is 0 Å². The van der Waals surface area contributed by atoms with Crippen LogP contribution in [0.15, 0.2) is 37.1 Å². The number of hydrogen-bond acceptors (Lipinski definition) is 2. The fourth-order valence-corrected chi connectivity index (χ4v) is 2.25. The van der Waals surface area contributed by atoms with Crippen molar-refractivity contribution in [3.8, 4) is 0 Å². The summed E-state index contributed by atoms with van der Waals surface area (Å²) in [5, 5.41) is 0.952. The molecule has 2 aromatic rings. The lowest BCUT2D eigenvalue weighted by Crippen LogP contribution is -2.05. The molecule has 0 fully saturated rings. The molecule has 1 aromatic heterocycles. The monoisotopic (exact) mass is 271 g/mol. The molecular weight excluding hydrogens is 250 g/mol. The normalized spacial score (nSPS) is 10.7. The van der Waals surface area contributed by atoms with Gasteiger partial charge in [0.15, 0.2) is 0 Å². The molecule has 1 heterocycles. The van der Waals surface area contributed by atoms with Gasteiger partial charge in [-0.1, -0.05) is 31.1 Å². The van der Waals surface area contributed by atoms with Crippen LogP contribution in [0.25, 0.3) is 10.9 Å². The Morgan fingerprint density at radius 1 is 1.45 bits per heavy atom. The average Bonchev–Trinajstić information content (AvgIpc) is 2.77. The van der Waals surface area contributed by atoms with Gasteiger partial charge in [0.2, 0.25) is 0 Å². The van der Waals surface area contributed by atoms with Crippen LogP contribution in [0, 0.1) is 6.92 Å². The maximum Gasteiger partial charge on any atom is 0.340 e. The van der Waals surface area contributed by atoms with Crippen molar-refractivity contribution in [2.24, 2.45) is 0 Å². The minimum Gasteiger partial charge on any atom is -0.462 e. The maximum atomic E-state index is 12.2. The number of allylic oxidation sites excluding steroid dienone is 1. The molecule has 3 heteroatoms. The van der Waals surface area contributed by atoms with Crippen molar-refractivity contribution < 1.29 is 9.53 Å². The van der Waals surface area contributed by atoms with E-state index < -0.39 is 0 Å². The third-order valence-corrected chi connectivity index (χ3v) is 3.31. The zero-order valence-corrected chi connectivity index (χ0v) is 12.2. The molecule has 20 heavy (non-hydrogen) atoms. The summed E-state index contributed by atoms with van der Waals surface area (Å²) in [4.78, 5) is 12.2. The first kappa shape index (κ1) is 14.4. The second-order valence-electron chi connectivity index (χ2n) is 4.99. The first-order valence-corrected chi connectivity index (χ1v) is 7.05. The molecule has 0 atom stereocenters. The molecule has 0 bridgehead atoms. The van der Waals surface area contributed by atoms with Gasteiger partial charge < -0.3 is 9.30 Å². The quantitative estimate of drug-likeness (QED) is 0.450. The summed E-state index contributed by atoms with van der Waals surface area (Å²) in [5.74, 6) is -0.239. The number of aromatic nitrogens is 1. The number of rotatable bonds is 6. The number of carbonyl (C=O) groups excluding carboxylic acids is 1. The Morgan fingerprint density at radius 3 is 2.95 bits per heavy atom. The lowest BCUT2D eigenvalue weighted by molar-refractivity contribution is 0.0502. The van der Waals surface area contributed by atoms with Gasteiger partial charge in [-0.2, -0.15) is 0 Å². The number of nitrogens with zero attached hydrogens (tertiary/aromatic N) is 1. The minimum atomic E-state index is -0.239. The number of unbranched alkanes of at least 4 members (excludes halogenated alkanes) is 1. The standard InChI is InChI=1S/C17H21NO2/c1-4-6-10-20-17(19)15-12-18(9-5-2)16-8-7-13(3)11-14(15)16/h5,7-8,11-12H,2,4,6,9-10H2,1,3H3. The smallest absolute Gasteiger partial charge is 0.340 e. The molecule has 0 aliphatic carbocycles. The Labute approximate surface area is 119 Å². The second-order valence-corrected chi connectivity index (χ2v) is 4.99. The Bertz CT molecular complexity index is 625. The summed E-state index contributed by atoms with van der Waals surface area (Å²) in [6, 6.07) is 6.12. The van der Waals surface area contributed by atoms with E-state index in [0.29, 0.717) is 18.7 Å². The van der Waals surface area contributed by atoms with Gasteiger partial charge in [0.25, 0.3) is 0 Å². The molecule has 106 valence electrons. The number of benzene rings is 1. The van der Waals surface area contributed by atoms with E-state index in [9.17, 15) is 4.79 Å². The SMILES string of the molecule is C=CCn1cc(C(=O)OCCCC)c2cc(C)ccc21. The highest BCUT2D eigenvalue weighted by Gasteiger charge is 2.16. The molecule has 0 amide bonds. The maximum absolute atomic E-state index is 12.2. The first-order chi connectivity index (χ1) is 9.67. The van der Waals surface area contributed by atoms with E-state index in [4.69, 9.17) is 4.74 Å². The van der Waals surface area contributed by atoms with Crippen LogP contribution in [0.5, 0.6) is 0 Å². The van der Waals surface area contributed by atoms with Gasteiger partial charge in [-0.25, -0.2) is 4.79 Å². The third kappa shape index (κ3) is 2.93. The first-order valence-electron chi connectivity index (χ1n) is 7.05. The number of ether oxygens (including phenoxy) is 1. The van der Waals surface area contributed by atoms with Crippen molar-refractivity contribution in [3.63, 3.8) is 0 Å². The average molecular weight is 271 g/mol. The van der Waals surface area contributed by atoms with Gasteiger partial charge in [-0.05, 0) is 25.5 Å². The number of aryl methyl sites for hydroxylation is 1. The molecule has 2 rings (SSSR count). The van der Waals surface area contributed by atoms with Crippen LogP contribution in [0.2, 0.25) is 0 Å². The van der Waals surface area contributed by atoms with Crippen LogP contribution in [-0.4, -0.2) is 17.1 Å². The molecule has 0 unspecified atom stereocenters. The largest absolute Gasteiger partial charge is 0.462 e. The van der Waals surface area contributed by atoms with E-state index in [1.807, 2.05) is 42.0 Å². The van der Waals surface area contributed by atoms with Crippen LogP contribution in [0.3, 0.4) is 0 Å². The molecule has 1 aromatic carbocycles. The van der Waals surface area contributed by atoms with Crippen LogP contribution in [0.1, 0.15) is 35.7 Å². The molecule has 3 nitrogen and oxygen atoms in total. The molecule has 0 saturated heterocycles. The molecule has 0 saturated carbocycles. The van der Waals surface area contributed by atoms with Crippen LogP contribution >= 0.6 is 0 Å². The van der Waals surface area contributed by atoms with E-state index in [1.165, 1.54) is 0 Å². The minimum absolute atomic E-state index is 0.239. The lowest BCUT2D eigenvalue weighted by Gasteiger charge is -2.02. The van der Waals surface area contributed by atoms with Crippen LogP contribution < -0.4 is 0 Å². The molecule has 0 aliphatic rings. The summed E-state index contributed by atoms with van der Waals surface area (Å²) >= 11 is 0. The second kappa shape index (κ2) is 6.42. The molecule has 0 N–H and O–H groups in total. The zero-order chi connectivity index (χ0) is 14.5. The third-order valence-electron chi connectivity index (χ3n) is 3.31. The van der Waals surface area contributed by atoms with E-state index in [1.54, 1.807) is 0 Å². The molecule has 0 spiro atoms. The zero-order valence-electron chi connectivity index (χ0n) is 12.2. The molecular formula is C17H21NO2. The fourth-order valence-electron chi connectivity index (χ4n) is 2.25. The van der Waals surface area contributed by atoms with Crippen molar-refractivity contribution in [2.45, 2.75) is 33.2 Å². The van der Waals surface area contributed by atoms with Gasteiger partial charge in [0.1, 0.15) is 0 Å². The van der Waals surface area contributed by atoms with Gasteiger partial charge in [0, 0.05) is 23.6 Å². The van der Waals surface area contributed by atoms with Gasteiger partial charge in [-0.15, -0.1) is 6.58 Å². The van der Waals surface area contributed by atoms with E-state index >= 15 is 0 Å². The van der Waals surface area contributed by atoms with Crippen LogP contribution in [0.4, 0.5) is 0 Å². The summed E-state index contributed by atoms with van der Waals surface area (Å²) in [5.41, 5.74) is 2.82. The predicted octanol–water partition coefficient (Wildman–Crippen LogP) is 4.09. The highest BCUT2D eigenvalue weighted by molar-refractivity contribution is 6.04. The van der Waals surface area contributed by atoms with Gasteiger partial charge in [0.05, 0.1) is 12.2 Å². The van der Waals surface area contributed by atoms with E-state index in [2.05, 4.69) is 13.5 Å². The highest BCUT2D eigenvalue weighted by Crippen LogP contribution is 2.23.